The average molecular weight is 491 g/mol. The zero-order chi connectivity index (χ0) is 23.4. The number of carbonyl (C=O) groups is 2. The second-order valence-electron chi connectivity index (χ2n) is 8.81. The molecule has 33 heavy (non-hydrogen) atoms. The van der Waals surface area contributed by atoms with Crippen LogP contribution >= 0.6 is 11.3 Å². The maximum Gasteiger partial charge on any atom is 0.305 e. The fraction of sp³-hybridized carbons (Fsp3) is 0.500. The predicted octanol–water partition coefficient (Wildman–Crippen LogP) is 4.22. The van der Waals surface area contributed by atoms with Gasteiger partial charge in [-0.2, -0.15) is 8.42 Å². The first-order chi connectivity index (χ1) is 15.9. The van der Waals surface area contributed by atoms with Gasteiger partial charge >= 0.3 is 5.97 Å². The number of esters is 1. The van der Waals surface area contributed by atoms with E-state index in [1.165, 1.54) is 32.0 Å². The summed E-state index contributed by atoms with van der Waals surface area (Å²) in [4.78, 5) is 24.6. The number of allylic oxidation sites excluding steroid dienone is 2. The van der Waals surface area contributed by atoms with Crippen LogP contribution in [0, 0.1) is 17.8 Å². The Labute approximate surface area is 198 Å². The van der Waals surface area contributed by atoms with Gasteiger partial charge in [0.1, 0.15) is 4.21 Å². The molecule has 4 atom stereocenters. The van der Waals surface area contributed by atoms with Crippen LogP contribution in [0.1, 0.15) is 54.6 Å². The Morgan fingerprint density at radius 1 is 1.18 bits per heavy atom. The summed E-state index contributed by atoms with van der Waals surface area (Å²) in [5.41, 5.74) is 0. The molecule has 4 rings (SSSR count). The van der Waals surface area contributed by atoms with Crippen LogP contribution in [0.4, 0.5) is 0 Å². The number of nitrogens with zero attached hydrogens (tertiary/aromatic N) is 1. The number of hydrogen-bond acceptors (Lipinski definition) is 6. The first kappa shape index (κ1) is 23.8. The third kappa shape index (κ3) is 5.24. The van der Waals surface area contributed by atoms with E-state index in [2.05, 4.69) is 22.2 Å². The van der Waals surface area contributed by atoms with E-state index in [1.54, 1.807) is 18.2 Å². The van der Waals surface area contributed by atoms with Crippen LogP contribution in [0.2, 0.25) is 0 Å². The van der Waals surface area contributed by atoms with Gasteiger partial charge in [-0.05, 0) is 80.5 Å². The molecule has 2 aliphatic carbocycles. The first-order valence-corrected chi connectivity index (χ1v) is 13.7. The molecule has 2 heterocycles. The number of rotatable bonds is 10. The Morgan fingerprint density at radius 3 is 2.70 bits per heavy atom. The van der Waals surface area contributed by atoms with E-state index >= 15 is 0 Å². The molecule has 0 aliphatic heterocycles. The predicted molar refractivity (Wildman–Crippen MR) is 127 cm³/mol. The minimum Gasteiger partial charge on any atom is -0.469 e. The summed E-state index contributed by atoms with van der Waals surface area (Å²) in [5.74, 6) is 1.12. The second kappa shape index (κ2) is 10.3. The Bertz CT molecular complexity index is 1100. The van der Waals surface area contributed by atoms with Crippen LogP contribution < -0.4 is 5.32 Å². The average Bonchev–Trinajstić information content (AvgIpc) is 3.60. The van der Waals surface area contributed by atoms with Crippen molar-refractivity contribution in [3.8, 4) is 0 Å². The smallest absolute Gasteiger partial charge is 0.305 e. The standard InChI is InChI=1S/C24H30N2O5S2/c1-31-21(27)9-5-3-2-4-8-19-17-10-11-18(16-17)23(19)25-24(28)20-12-13-22(32-20)33(29,30)26-14-6-7-15-26/h2,4,6-7,12-15,17-19,23H,3,5,8-11,16H2,1H3,(H,25,28)/b4-2-/t17-,18+,19-,23-/m0/s1. The second-order valence-corrected chi connectivity index (χ2v) is 12.0. The van der Waals surface area contributed by atoms with Crippen molar-refractivity contribution in [3.63, 3.8) is 0 Å². The van der Waals surface area contributed by atoms with Gasteiger partial charge in [0.25, 0.3) is 15.9 Å². The molecule has 2 aromatic rings. The highest BCUT2D eigenvalue weighted by atomic mass is 32.2. The quantitative estimate of drug-likeness (QED) is 0.306. The third-order valence-electron chi connectivity index (χ3n) is 6.85. The lowest BCUT2D eigenvalue weighted by Gasteiger charge is -2.31. The monoisotopic (exact) mass is 490 g/mol. The molecule has 0 spiro atoms. The number of methoxy groups -OCH3 is 1. The maximum atomic E-state index is 13.0. The molecular weight excluding hydrogens is 460 g/mol. The molecule has 0 unspecified atom stereocenters. The van der Waals surface area contributed by atoms with Gasteiger partial charge in [-0.1, -0.05) is 12.2 Å². The van der Waals surface area contributed by atoms with Gasteiger partial charge in [-0.15, -0.1) is 11.3 Å². The van der Waals surface area contributed by atoms with Gasteiger partial charge in [-0.25, -0.2) is 3.97 Å². The van der Waals surface area contributed by atoms with Crippen LogP contribution in [0.15, 0.2) is 53.0 Å². The van der Waals surface area contributed by atoms with Crippen molar-refractivity contribution < 1.29 is 22.7 Å². The first-order valence-electron chi connectivity index (χ1n) is 11.4. The molecule has 178 valence electrons. The lowest BCUT2D eigenvalue weighted by atomic mass is 9.82. The van der Waals surface area contributed by atoms with Crippen LogP contribution in [0.3, 0.4) is 0 Å². The Hall–Kier alpha value is -2.39. The summed E-state index contributed by atoms with van der Waals surface area (Å²) in [6.07, 6.45) is 13.7. The number of carbonyl (C=O) groups excluding carboxylic acids is 2. The maximum absolute atomic E-state index is 13.0. The minimum atomic E-state index is -3.66. The summed E-state index contributed by atoms with van der Waals surface area (Å²) in [5, 5.41) is 3.23. The van der Waals surface area contributed by atoms with Crippen LogP contribution in [-0.2, 0) is 19.6 Å². The van der Waals surface area contributed by atoms with Gasteiger partial charge in [0, 0.05) is 24.9 Å². The van der Waals surface area contributed by atoms with Gasteiger partial charge in [0.05, 0.1) is 12.0 Å². The zero-order valence-electron chi connectivity index (χ0n) is 18.7. The Morgan fingerprint density at radius 2 is 1.94 bits per heavy atom. The Kier molecular flexibility index (Phi) is 7.38. The van der Waals surface area contributed by atoms with E-state index in [1.807, 2.05) is 0 Å². The van der Waals surface area contributed by atoms with Crippen molar-refractivity contribution in [3.05, 3.63) is 53.7 Å². The Balaban J connectivity index is 1.36. The summed E-state index contributed by atoms with van der Waals surface area (Å²) in [6.45, 7) is 0. The highest BCUT2D eigenvalue weighted by Gasteiger charge is 2.47. The normalized spacial score (nSPS) is 24.4. The van der Waals surface area contributed by atoms with E-state index in [0.29, 0.717) is 29.1 Å². The molecular formula is C24H30N2O5S2. The van der Waals surface area contributed by atoms with Crippen molar-refractivity contribution in [2.45, 2.75) is 55.2 Å². The number of thiophene rings is 1. The molecule has 1 amide bonds. The zero-order valence-corrected chi connectivity index (χ0v) is 20.3. The number of amides is 1. The fourth-order valence-electron chi connectivity index (χ4n) is 5.20. The molecule has 2 saturated carbocycles. The van der Waals surface area contributed by atoms with Crippen LogP contribution in [0.5, 0.6) is 0 Å². The summed E-state index contributed by atoms with van der Waals surface area (Å²) >= 11 is 1.01. The molecule has 0 radical (unpaired) electrons. The molecule has 2 bridgehead atoms. The molecule has 2 aromatic heterocycles. The van der Waals surface area contributed by atoms with Crippen LogP contribution in [-0.4, -0.2) is 37.4 Å². The number of ether oxygens (including phenoxy) is 1. The van der Waals surface area contributed by atoms with Crippen molar-refractivity contribution in [1.82, 2.24) is 9.29 Å². The number of unbranched alkanes of at least 4 members (excludes halogenated alkanes) is 1. The third-order valence-corrected chi connectivity index (χ3v) is 10.1. The molecule has 2 aliphatic rings. The SMILES string of the molecule is COC(=O)CCC/C=C\C[C@H]1[C@H]2CC[C@H](C2)[C@@H]1NC(=O)c1ccc(S(=O)(=O)n2cccc2)s1. The van der Waals surface area contributed by atoms with Gasteiger partial charge in [0.15, 0.2) is 0 Å². The van der Waals surface area contributed by atoms with E-state index in [0.717, 1.165) is 47.4 Å². The summed E-state index contributed by atoms with van der Waals surface area (Å²) < 4.78 is 31.3. The largest absolute Gasteiger partial charge is 0.469 e. The van der Waals surface area contributed by atoms with Crippen molar-refractivity contribution in [2.24, 2.45) is 17.8 Å². The number of nitrogens with one attached hydrogen (secondary N) is 1. The highest BCUT2D eigenvalue weighted by Crippen LogP contribution is 2.50. The minimum absolute atomic E-state index is 0.113. The van der Waals surface area contributed by atoms with E-state index in [4.69, 9.17) is 0 Å². The topological polar surface area (TPSA) is 94.5 Å². The van der Waals surface area contributed by atoms with Gasteiger partial charge < -0.3 is 10.1 Å². The van der Waals surface area contributed by atoms with Crippen molar-refractivity contribution >= 4 is 33.2 Å². The number of aromatic nitrogens is 1. The molecule has 1 N–H and O–H groups in total. The molecule has 0 saturated heterocycles. The van der Waals surface area contributed by atoms with Crippen molar-refractivity contribution in [2.75, 3.05) is 7.11 Å². The molecule has 2 fully saturated rings. The lowest BCUT2D eigenvalue weighted by Crippen LogP contribution is -2.43. The van der Waals surface area contributed by atoms with E-state index in [-0.39, 0.29) is 22.1 Å². The molecule has 7 nitrogen and oxygen atoms in total. The fourth-order valence-corrected chi connectivity index (χ4v) is 7.70. The highest BCUT2D eigenvalue weighted by molar-refractivity contribution is 7.92. The number of fused-ring (bicyclic) bond motifs is 2. The van der Waals surface area contributed by atoms with E-state index < -0.39 is 10.0 Å². The number of hydrogen-bond donors (Lipinski definition) is 1. The molecule has 0 aromatic carbocycles. The summed E-state index contributed by atoms with van der Waals surface area (Å²) in [6, 6.07) is 6.52. The molecule has 9 heteroatoms. The summed E-state index contributed by atoms with van der Waals surface area (Å²) in [7, 11) is -2.26. The van der Waals surface area contributed by atoms with E-state index in [9.17, 15) is 18.0 Å². The van der Waals surface area contributed by atoms with Crippen molar-refractivity contribution in [1.29, 1.82) is 0 Å². The van der Waals surface area contributed by atoms with Crippen LogP contribution in [0.25, 0.3) is 0 Å². The van der Waals surface area contributed by atoms with Gasteiger partial charge in [-0.3, -0.25) is 9.59 Å². The van der Waals surface area contributed by atoms with Gasteiger partial charge in [0.2, 0.25) is 0 Å². The lowest BCUT2D eigenvalue weighted by molar-refractivity contribution is -0.140.